The summed E-state index contributed by atoms with van der Waals surface area (Å²) < 4.78 is 16.5. The Morgan fingerprint density at radius 3 is 2.10 bits per heavy atom. The van der Waals surface area contributed by atoms with Crippen LogP contribution in [0.4, 0.5) is 4.79 Å². The molecular weight excluding hydrogens is 378 g/mol. The average Bonchev–Trinajstić information content (AvgIpc) is 2.76. The summed E-state index contributed by atoms with van der Waals surface area (Å²) in [5, 5.41) is 32.5. The van der Waals surface area contributed by atoms with Crippen LogP contribution in [0.5, 0.6) is 0 Å². The van der Waals surface area contributed by atoms with Crippen LogP contribution in [0.3, 0.4) is 0 Å². The Labute approximate surface area is 168 Å². The lowest BCUT2D eigenvalue weighted by Gasteiger charge is -2.42. The molecule has 1 amide bonds. The molecule has 1 fully saturated rings. The first-order chi connectivity index (χ1) is 14.1. The molecule has 0 aliphatic carbocycles. The molecule has 8 nitrogen and oxygen atoms in total. The average molecular weight is 403 g/mol. The second-order valence-electron chi connectivity index (χ2n) is 6.74. The van der Waals surface area contributed by atoms with Crippen molar-refractivity contribution in [1.82, 2.24) is 5.32 Å². The molecule has 0 unspecified atom stereocenters. The molecule has 1 saturated heterocycles. The maximum atomic E-state index is 12.2. The van der Waals surface area contributed by atoms with Gasteiger partial charge in [-0.25, -0.2) is 4.79 Å². The van der Waals surface area contributed by atoms with E-state index in [0.717, 1.165) is 11.1 Å². The molecule has 1 aliphatic heterocycles. The van der Waals surface area contributed by atoms with Gasteiger partial charge in [0.15, 0.2) is 6.29 Å². The highest BCUT2D eigenvalue weighted by molar-refractivity contribution is 5.67. The van der Waals surface area contributed by atoms with Crippen LogP contribution in [0, 0.1) is 0 Å². The maximum Gasteiger partial charge on any atom is 0.407 e. The second kappa shape index (κ2) is 10.3. The van der Waals surface area contributed by atoms with Crippen molar-refractivity contribution in [2.45, 2.75) is 43.9 Å². The van der Waals surface area contributed by atoms with Crippen molar-refractivity contribution in [2.24, 2.45) is 0 Å². The zero-order valence-corrected chi connectivity index (χ0v) is 15.8. The smallest absolute Gasteiger partial charge is 0.407 e. The highest BCUT2D eigenvalue weighted by atomic mass is 16.7. The minimum absolute atomic E-state index is 0.0493. The SMILES string of the molecule is O=C(N[C@H]1[C@H](OCc2ccccc2)O[C@@H](CO)[C@H](O)[C@H]1O)OCc1ccccc1. The van der Waals surface area contributed by atoms with Crippen molar-refractivity contribution in [2.75, 3.05) is 6.61 Å². The van der Waals surface area contributed by atoms with Crippen molar-refractivity contribution in [3.63, 3.8) is 0 Å². The van der Waals surface area contributed by atoms with E-state index in [1.165, 1.54) is 0 Å². The molecule has 156 valence electrons. The van der Waals surface area contributed by atoms with Crippen LogP contribution in [-0.2, 0) is 27.4 Å². The van der Waals surface area contributed by atoms with E-state index >= 15 is 0 Å². The lowest BCUT2D eigenvalue weighted by molar-refractivity contribution is -0.273. The molecule has 2 aromatic rings. The minimum atomic E-state index is -1.41. The minimum Gasteiger partial charge on any atom is -0.445 e. The van der Waals surface area contributed by atoms with E-state index in [2.05, 4.69) is 5.32 Å². The summed E-state index contributed by atoms with van der Waals surface area (Å²) in [7, 11) is 0. The van der Waals surface area contributed by atoms with Crippen LogP contribution in [0.15, 0.2) is 60.7 Å². The fraction of sp³-hybridized carbons (Fsp3) is 0.381. The van der Waals surface area contributed by atoms with Gasteiger partial charge in [0.1, 0.15) is 31.0 Å². The molecule has 2 aromatic carbocycles. The molecule has 0 saturated carbocycles. The normalized spacial score (nSPS) is 26.7. The summed E-state index contributed by atoms with van der Waals surface area (Å²) in [6, 6.07) is 17.3. The number of ether oxygens (including phenoxy) is 3. The number of carbonyl (C=O) groups is 1. The van der Waals surface area contributed by atoms with Gasteiger partial charge in [-0.15, -0.1) is 0 Å². The molecule has 3 rings (SSSR count). The Morgan fingerprint density at radius 1 is 0.931 bits per heavy atom. The summed E-state index contributed by atoms with van der Waals surface area (Å²) in [5.74, 6) is 0. The number of benzene rings is 2. The molecule has 0 spiro atoms. The molecule has 4 N–H and O–H groups in total. The topological polar surface area (TPSA) is 117 Å². The zero-order chi connectivity index (χ0) is 20.6. The van der Waals surface area contributed by atoms with Crippen LogP contribution in [-0.4, -0.2) is 58.7 Å². The first-order valence-electron chi connectivity index (χ1n) is 9.33. The first-order valence-corrected chi connectivity index (χ1v) is 9.33. The molecule has 5 atom stereocenters. The number of aliphatic hydroxyl groups is 3. The quantitative estimate of drug-likeness (QED) is 0.543. The molecule has 29 heavy (non-hydrogen) atoms. The first kappa shape index (κ1) is 21.2. The lowest BCUT2D eigenvalue weighted by Crippen LogP contribution is -2.64. The molecule has 8 heteroatoms. The summed E-state index contributed by atoms with van der Waals surface area (Å²) in [6.45, 7) is -0.300. The van der Waals surface area contributed by atoms with Crippen molar-refractivity contribution >= 4 is 6.09 Å². The maximum absolute atomic E-state index is 12.2. The Hall–Kier alpha value is -2.49. The Morgan fingerprint density at radius 2 is 1.52 bits per heavy atom. The van der Waals surface area contributed by atoms with Gasteiger partial charge in [0, 0.05) is 0 Å². The fourth-order valence-corrected chi connectivity index (χ4v) is 3.03. The summed E-state index contributed by atoms with van der Waals surface area (Å²) in [4.78, 5) is 12.2. The van der Waals surface area contributed by atoms with Gasteiger partial charge in [0.25, 0.3) is 0 Å². The van der Waals surface area contributed by atoms with Crippen LogP contribution in [0.1, 0.15) is 11.1 Å². The van der Waals surface area contributed by atoms with Crippen LogP contribution < -0.4 is 5.32 Å². The van der Waals surface area contributed by atoms with Gasteiger partial charge in [-0.1, -0.05) is 60.7 Å². The van der Waals surface area contributed by atoms with Gasteiger partial charge in [-0.2, -0.15) is 0 Å². The highest BCUT2D eigenvalue weighted by Crippen LogP contribution is 2.23. The number of nitrogens with one attached hydrogen (secondary N) is 1. The third kappa shape index (κ3) is 5.75. The predicted octanol–water partition coefficient (Wildman–Crippen LogP) is 0.937. The molecule has 0 aromatic heterocycles. The van der Waals surface area contributed by atoms with Crippen molar-refractivity contribution in [1.29, 1.82) is 0 Å². The van der Waals surface area contributed by atoms with Crippen molar-refractivity contribution in [3.05, 3.63) is 71.8 Å². The van der Waals surface area contributed by atoms with E-state index < -0.39 is 43.3 Å². The number of carbonyl (C=O) groups excluding carboxylic acids is 1. The number of alkyl carbamates (subject to hydrolysis) is 1. The summed E-state index contributed by atoms with van der Waals surface area (Å²) in [5.41, 5.74) is 1.67. The zero-order valence-electron chi connectivity index (χ0n) is 15.8. The summed E-state index contributed by atoms with van der Waals surface area (Å²) in [6.07, 6.45) is -5.72. The lowest BCUT2D eigenvalue weighted by atomic mass is 9.97. The van der Waals surface area contributed by atoms with Crippen LogP contribution in [0.25, 0.3) is 0 Å². The van der Waals surface area contributed by atoms with Crippen LogP contribution in [0.2, 0.25) is 0 Å². The van der Waals surface area contributed by atoms with E-state index in [-0.39, 0.29) is 13.2 Å². The fourth-order valence-electron chi connectivity index (χ4n) is 3.03. The van der Waals surface area contributed by atoms with Gasteiger partial charge in [0.05, 0.1) is 13.2 Å². The predicted molar refractivity (Wildman–Crippen MR) is 103 cm³/mol. The number of aliphatic hydroxyl groups excluding tert-OH is 3. The largest absolute Gasteiger partial charge is 0.445 e. The number of hydrogen-bond acceptors (Lipinski definition) is 7. The molecule has 0 bridgehead atoms. The Balaban J connectivity index is 1.63. The molecule has 1 aliphatic rings. The Bertz CT molecular complexity index is 758. The number of amides is 1. The summed E-state index contributed by atoms with van der Waals surface area (Å²) >= 11 is 0. The molecule has 1 heterocycles. The van der Waals surface area contributed by atoms with E-state index in [1.54, 1.807) is 0 Å². The molecule has 0 radical (unpaired) electrons. The monoisotopic (exact) mass is 403 g/mol. The van der Waals surface area contributed by atoms with Crippen molar-refractivity contribution in [3.8, 4) is 0 Å². The van der Waals surface area contributed by atoms with E-state index in [1.807, 2.05) is 60.7 Å². The van der Waals surface area contributed by atoms with Gasteiger partial charge >= 0.3 is 6.09 Å². The van der Waals surface area contributed by atoms with Crippen molar-refractivity contribution < 1.29 is 34.3 Å². The van der Waals surface area contributed by atoms with Gasteiger partial charge in [-0.3, -0.25) is 0 Å². The number of rotatable bonds is 7. The third-order valence-corrected chi connectivity index (χ3v) is 4.64. The van der Waals surface area contributed by atoms with Crippen LogP contribution >= 0.6 is 0 Å². The third-order valence-electron chi connectivity index (χ3n) is 4.64. The standard InChI is InChI=1S/C21H25NO7/c23-11-16-18(24)19(25)17(20(29-16)27-12-14-7-3-1-4-8-14)22-21(26)28-13-15-9-5-2-6-10-15/h1-10,16-20,23-25H,11-13H2,(H,22,26)/t16-,17+,18-,19-,20+/m0/s1. The van der Waals surface area contributed by atoms with E-state index in [0.29, 0.717) is 0 Å². The molecular formula is C21H25NO7. The second-order valence-corrected chi connectivity index (χ2v) is 6.74. The van der Waals surface area contributed by atoms with Gasteiger partial charge in [0.2, 0.25) is 0 Å². The van der Waals surface area contributed by atoms with Gasteiger partial charge < -0.3 is 34.8 Å². The van der Waals surface area contributed by atoms with E-state index in [4.69, 9.17) is 14.2 Å². The van der Waals surface area contributed by atoms with E-state index in [9.17, 15) is 20.1 Å². The number of hydrogen-bond donors (Lipinski definition) is 4. The highest BCUT2D eigenvalue weighted by Gasteiger charge is 2.45. The Kier molecular flexibility index (Phi) is 7.56. The van der Waals surface area contributed by atoms with Gasteiger partial charge in [-0.05, 0) is 11.1 Å².